The van der Waals surface area contributed by atoms with E-state index in [0.717, 1.165) is 12.8 Å². The summed E-state index contributed by atoms with van der Waals surface area (Å²) in [5, 5.41) is 2.89. The van der Waals surface area contributed by atoms with Crippen molar-refractivity contribution in [1.82, 2.24) is 14.9 Å². The molecular formula is C19H24N4O5. The third-order valence-corrected chi connectivity index (χ3v) is 4.39. The molecule has 150 valence electrons. The van der Waals surface area contributed by atoms with Crippen molar-refractivity contribution in [1.29, 1.82) is 0 Å². The molecule has 28 heavy (non-hydrogen) atoms. The number of ether oxygens (including phenoxy) is 4. The summed E-state index contributed by atoms with van der Waals surface area (Å²) in [6, 6.07) is 6.94. The minimum Gasteiger partial charge on any atom is -0.497 e. The Labute approximate surface area is 163 Å². The van der Waals surface area contributed by atoms with Gasteiger partial charge < -0.3 is 29.2 Å². The Bertz CT molecular complexity index is 817. The maximum atomic E-state index is 12.7. The molecule has 2 amide bonds. The second-order valence-electron chi connectivity index (χ2n) is 6.21. The van der Waals surface area contributed by atoms with Crippen molar-refractivity contribution >= 4 is 11.7 Å². The van der Waals surface area contributed by atoms with Crippen molar-refractivity contribution in [2.75, 3.05) is 39.7 Å². The molecule has 1 aromatic carbocycles. The minimum atomic E-state index is -0.211. The summed E-state index contributed by atoms with van der Waals surface area (Å²) >= 11 is 0. The van der Waals surface area contributed by atoms with E-state index in [1.54, 1.807) is 49.6 Å². The van der Waals surface area contributed by atoms with Gasteiger partial charge in [-0.3, -0.25) is 0 Å². The fourth-order valence-corrected chi connectivity index (χ4v) is 2.97. The third kappa shape index (κ3) is 4.73. The highest BCUT2D eigenvalue weighted by atomic mass is 16.5. The second-order valence-corrected chi connectivity index (χ2v) is 6.21. The summed E-state index contributed by atoms with van der Waals surface area (Å²) in [4.78, 5) is 22.6. The molecule has 9 nitrogen and oxygen atoms in total. The normalized spacial score (nSPS) is 16.2. The fraction of sp³-hybridized carbons (Fsp3) is 0.421. The molecule has 2 heterocycles. The average Bonchev–Trinajstić information content (AvgIpc) is 2.74. The summed E-state index contributed by atoms with van der Waals surface area (Å²) in [6.07, 6.45) is 3.09. The highest BCUT2D eigenvalue weighted by Crippen LogP contribution is 2.29. The molecule has 0 saturated carbocycles. The van der Waals surface area contributed by atoms with Gasteiger partial charge in [0.1, 0.15) is 17.6 Å². The number of aromatic nitrogens is 2. The topological polar surface area (TPSA) is 95.0 Å². The number of hydrogen-bond donors (Lipinski definition) is 1. The van der Waals surface area contributed by atoms with Crippen LogP contribution in [0.4, 0.5) is 10.5 Å². The van der Waals surface area contributed by atoms with Crippen LogP contribution in [0.25, 0.3) is 0 Å². The van der Waals surface area contributed by atoms with E-state index in [0.29, 0.717) is 36.2 Å². The molecule has 3 rings (SSSR count). The second kappa shape index (κ2) is 9.12. The molecule has 0 bridgehead atoms. The molecular weight excluding hydrogens is 364 g/mol. The van der Waals surface area contributed by atoms with Crippen molar-refractivity contribution in [3.8, 4) is 23.4 Å². The van der Waals surface area contributed by atoms with Crippen molar-refractivity contribution in [3.63, 3.8) is 0 Å². The van der Waals surface area contributed by atoms with Gasteiger partial charge in [0.05, 0.1) is 33.6 Å². The van der Waals surface area contributed by atoms with E-state index in [9.17, 15) is 4.79 Å². The number of nitrogens with one attached hydrogen (secondary N) is 1. The van der Waals surface area contributed by atoms with Gasteiger partial charge >= 0.3 is 12.0 Å². The molecule has 2 aromatic rings. The predicted octanol–water partition coefficient (Wildman–Crippen LogP) is 2.58. The lowest BCUT2D eigenvalue weighted by atomic mass is 10.1. The van der Waals surface area contributed by atoms with Gasteiger partial charge in [-0.05, 0) is 25.0 Å². The number of carbonyl (C=O) groups is 1. The monoisotopic (exact) mass is 388 g/mol. The molecule has 1 fully saturated rings. The van der Waals surface area contributed by atoms with Gasteiger partial charge in [0.15, 0.2) is 0 Å². The zero-order valence-electron chi connectivity index (χ0n) is 16.2. The average molecular weight is 388 g/mol. The Morgan fingerprint density at radius 3 is 2.79 bits per heavy atom. The summed E-state index contributed by atoms with van der Waals surface area (Å²) in [7, 11) is 4.62. The van der Waals surface area contributed by atoms with E-state index >= 15 is 0 Å². The van der Waals surface area contributed by atoms with Crippen LogP contribution in [0.2, 0.25) is 0 Å². The van der Waals surface area contributed by atoms with Crippen LogP contribution in [0.1, 0.15) is 12.8 Å². The van der Waals surface area contributed by atoms with E-state index in [-0.39, 0.29) is 18.1 Å². The Hall–Kier alpha value is -3.23. The Balaban J connectivity index is 1.62. The number of amides is 2. The van der Waals surface area contributed by atoms with E-state index in [4.69, 9.17) is 18.9 Å². The number of methoxy groups -OCH3 is 3. The Morgan fingerprint density at radius 1 is 1.18 bits per heavy atom. The number of nitrogens with zero attached hydrogens (tertiary/aromatic N) is 3. The fourth-order valence-electron chi connectivity index (χ4n) is 2.97. The van der Waals surface area contributed by atoms with Crippen LogP contribution in [0.15, 0.2) is 30.5 Å². The van der Waals surface area contributed by atoms with Gasteiger partial charge in [0, 0.05) is 24.9 Å². The van der Waals surface area contributed by atoms with Crippen LogP contribution in [-0.4, -0.2) is 61.4 Å². The number of carbonyl (C=O) groups excluding carboxylic acids is 1. The van der Waals surface area contributed by atoms with Gasteiger partial charge in [-0.2, -0.15) is 4.98 Å². The SMILES string of the molecule is COc1ccc(NC(=O)N2CCCC(Oc3ccnc(OC)n3)C2)c(OC)c1. The molecule has 1 atom stereocenters. The van der Waals surface area contributed by atoms with Crippen LogP contribution in [0.3, 0.4) is 0 Å². The molecule has 9 heteroatoms. The van der Waals surface area contributed by atoms with Crippen LogP contribution < -0.4 is 24.3 Å². The first kappa shape index (κ1) is 19.5. The zero-order chi connectivity index (χ0) is 19.9. The number of piperidine rings is 1. The number of anilines is 1. The first-order chi connectivity index (χ1) is 13.6. The lowest BCUT2D eigenvalue weighted by Crippen LogP contribution is -2.46. The smallest absolute Gasteiger partial charge is 0.322 e. The lowest BCUT2D eigenvalue weighted by Gasteiger charge is -2.32. The van der Waals surface area contributed by atoms with E-state index < -0.39 is 0 Å². The molecule has 1 aliphatic heterocycles. The van der Waals surface area contributed by atoms with Crippen LogP contribution >= 0.6 is 0 Å². The van der Waals surface area contributed by atoms with E-state index in [1.807, 2.05) is 0 Å². The van der Waals surface area contributed by atoms with Crippen molar-refractivity contribution < 1.29 is 23.7 Å². The van der Waals surface area contributed by atoms with Gasteiger partial charge in [0.25, 0.3) is 0 Å². The predicted molar refractivity (Wildman–Crippen MR) is 102 cm³/mol. The molecule has 1 unspecified atom stereocenters. The van der Waals surface area contributed by atoms with Crippen molar-refractivity contribution in [2.24, 2.45) is 0 Å². The highest BCUT2D eigenvalue weighted by molar-refractivity contribution is 5.91. The molecule has 1 saturated heterocycles. The summed E-state index contributed by atoms with van der Waals surface area (Å²) in [5.41, 5.74) is 0.580. The van der Waals surface area contributed by atoms with Crippen molar-refractivity contribution in [2.45, 2.75) is 18.9 Å². The van der Waals surface area contributed by atoms with Gasteiger partial charge in [-0.15, -0.1) is 0 Å². The molecule has 0 spiro atoms. The van der Waals surface area contributed by atoms with E-state index in [1.165, 1.54) is 7.11 Å². The minimum absolute atomic E-state index is 0.156. The highest BCUT2D eigenvalue weighted by Gasteiger charge is 2.26. The standard InChI is InChI=1S/C19H24N4O5/c1-25-13-6-7-15(16(11-13)26-2)21-19(24)23-10-4-5-14(12-23)28-17-8-9-20-18(22-17)27-3/h6-9,11,14H,4-5,10,12H2,1-3H3,(H,21,24). The lowest BCUT2D eigenvalue weighted by molar-refractivity contribution is 0.102. The molecule has 1 aromatic heterocycles. The Kier molecular flexibility index (Phi) is 6.36. The molecule has 0 radical (unpaired) electrons. The van der Waals surface area contributed by atoms with Gasteiger partial charge in [0.2, 0.25) is 5.88 Å². The number of urea groups is 1. The Morgan fingerprint density at radius 2 is 2.04 bits per heavy atom. The number of likely N-dealkylation sites (tertiary alicyclic amines) is 1. The largest absolute Gasteiger partial charge is 0.497 e. The van der Waals surface area contributed by atoms with E-state index in [2.05, 4.69) is 15.3 Å². The van der Waals surface area contributed by atoms with Crippen LogP contribution in [0.5, 0.6) is 23.4 Å². The summed E-state index contributed by atoms with van der Waals surface area (Å²) < 4.78 is 21.4. The quantitative estimate of drug-likeness (QED) is 0.813. The summed E-state index contributed by atoms with van der Waals surface area (Å²) in [6.45, 7) is 1.11. The maximum absolute atomic E-state index is 12.7. The van der Waals surface area contributed by atoms with Crippen LogP contribution in [0, 0.1) is 0 Å². The number of benzene rings is 1. The third-order valence-electron chi connectivity index (χ3n) is 4.39. The van der Waals surface area contributed by atoms with Gasteiger partial charge in [-0.1, -0.05) is 0 Å². The molecule has 0 aliphatic carbocycles. The first-order valence-corrected chi connectivity index (χ1v) is 8.94. The van der Waals surface area contributed by atoms with Crippen molar-refractivity contribution in [3.05, 3.63) is 30.5 Å². The maximum Gasteiger partial charge on any atom is 0.322 e. The zero-order valence-corrected chi connectivity index (χ0v) is 16.2. The molecule has 1 N–H and O–H groups in total. The summed E-state index contributed by atoms with van der Waals surface area (Å²) in [5.74, 6) is 1.61. The molecule has 1 aliphatic rings. The number of rotatable bonds is 6. The first-order valence-electron chi connectivity index (χ1n) is 8.94. The van der Waals surface area contributed by atoms with Gasteiger partial charge in [-0.25, -0.2) is 9.78 Å². The number of hydrogen-bond acceptors (Lipinski definition) is 7. The van der Waals surface area contributed by atoms with Crippen LogP contribution in [-0.2, 0) is 0 Å².